The highest BCUT2D eigenvalue weighted by atomic mass is 16.5. The number of amides is 1. The van der Waals surface area contributed by atoms with Crippen LogP contribution in [-0.4, -0.2) is 53.6 Å². The number of nitrogens with zero attached hydrogens (tertiary/aromatic N) is 3. The Morgan fingerprint density at radius 3 is 2.59 bits per heavy atom. The molecule has 3 aromatic rings. The molecule has 29 heavy (non-hydrogen) atoms. The first-order chi connectivity index (χ1) is 14.1. The number of nitrogens with one attached hydrogen (secondary N) is 1. The van der Waals surface area contributed by atoms with E-state index in [0.29, 0.717) is 6.54 Å². The first-order valence-electron chi connectivity index (χ1n) is 10.2. The molecule has 0 saturated carbocycles. The van der Waals surface area contributed by atoms with Gasteiger partial charge in [0.25, 0.3) is 0 Å². The zero-order valence-corrected chi connectivity index (χ0v) is 17.1. The van der Waals surface area contributed by atoms with Gasteiger partial charge in [-0.15, -0.1) is 0 Å². The van der Waals surface area contributed by atoms with Gasteiger partial charge in [0.1, 0.15) is 5.76 Å². The molecule has 1 amide bonds. The molecule has 152 valence electrons. The van der Waals surface area contributed by atoms with Gasteiger partial charge < -0.3 is 9.84 Å². The van der Waals surface area contributed by atoms with E-state index in [1.54, 1.807) is 0 Å². The number of aromatic nitrogens is 1. The summed E-state index contributed by atoms with van der Waals surface area (Å²) >= 11 is 0. The molecule has 4 rings (SSSR count). The van der Waals surface area contributed by atoms with Crippen LogP contribution < -0.4 is 5.32 Å². The second-order valence-electron chi connectivity index (χ2n) is 7.84. The Morgan fingerprint density at radius 2 is 1.83 bits per heavy atom. The van der Waals surface area contributed by atoms with Gasteiger partial charge >= 0.3 is 0 Å². The van der Waals surface area contributed by atoms with E-state index in [1.807, 2.05) is 25.1 Å². The van der Waals surface area contributed by atoms with E-state index >= 15 is 0 Å². The summed E-state index contributed by atoms with van der Waals surface area (Å²) < 4.78 is 5.14. The lowest BCUT2D eigenvalue weighted by Gasteiger charge is -2.34. The molecule has 2 aromatic carbocycles. The maximum absolute atomic E-state index is 12.6. The molecule has 1 fully saturated rings. The summed E-state index contributed by atoms with van der Waals surface area (Å²) in [5.74, 6) is 0.918. The lowest BCUT2D eigenvalue weighted by atomic mass is 10.00. The Bertz CT molecular complexity index is 970. The number of hydrogen-bond donors (Lipinski definition) is 1. The van der Waals surface area contributed by atoms with Crippen molar-refractivity contribution < 1.29 is 9.32 Å². The van der Waals surface area contributed by atoms with E-state index in [1.165, 1.54) is 10.8 Å². The minimum atomic E-state index is -0.0229. The summed E-state index contributed by atoms with van der Waals surface area (Å²) in [6.07, 6.45) is 0. The minimum Gasteiger partial charge on any atom is -0.361 e. The van der Waals surface area contributed by atoms with Crippen LogP contribution in [0, 0.1) is 6.92 Å². The monoisotopic (exact) mass is 392 g/mol. The standard InChI is InChI=1S/C23H28N4O2/c1-17-14-20(25-29-17)15-26-10-12-27(13-11-26)16-23(28)24-18(2)21-9-5-7-19-6-3-4-8-22(19)21/h3-9,14,18H,10-13,15-16H2,1-2H3,(H,24,28)/t18-/m0/s1. The first-order valence-corrected chi connectivity index (χ1v) is 10.2. The van der Waals surface area contributed by atoms with Gasteiger partial charge in [0.05, 0.1) is 18.3 Å². The Labute approximate surface area is 171 Å². The number of aryl methyl sites for hydroxylation is 1. The quantitative estimate of drug-likeness (QED) is 0.698. The number of piperazine rings is 1. The molecule has 6 heteroatoms. The van der Waals surface area contributed by atoms with Gasteiger partial charge in [0, 0.05) is 38.8 Å². The Morgan fingerprint density at radius 1 is 1.10 bits per heavy atom. The van der Waals surface area contributed by atoms with E-state index in [-0.39, 0.29) is 11.9 Å². The average molecular weight is 393 g/mol. The lowest BCUT2D eigenvalue weighted by Crippen LogP contribution is -2.49. The van der Waals surface area contributed by atoms with Crippen LogP contribution in [0.4, 0.5) is 0 Å². The minimum absolute atomic E-state index is 0.0229. The number of carbonyl (C=O) groups is 1. The number of fused-ring (bicyclic) bond motifs is 1. The summed E-state index contributed by atoms with van der Waals surface area (Å²) in [6, 6.07) is 16.5. The molecule has 1 saturated heterocycles. The molecule has 0 bridgehead atoms. The SMILES string of the molecule is Cc1cc(CN2CCN(CC(=O)N[C@@H](C)c3cccc4ccccc34)CC2)no1. The van der Waals surface area contributed by atoms with Gasteiger partial charge in [-0.3, -0.25) is 14.6 Å². The summed E-state index contributed by atoms with van der Waals surface area (Å²) in [5.41, 5.74) is 2.13. The van der Waals surface area contributed by atoms with Crippen molar-refractivity contribution in [2.75, 3.05) is 32.7 Å². The first kappa shape index (κ1) is 19.6. The Kier molecular flexibility index (Phi) is 5.92. The third-order valence-corrected chi connectivity index (χ3v) is 5.56. The molecular formula is C23H28N4O2. The maximum Gasteiger partial charge on any atom is 0.234 e. The van der Waals surface area contributed by atoms with E-state index in [2.05, 4.69) is 57.5 Å². The molecule has 0 aliphatic carbocycles. The highest BCUT2D eigenvalue weighted by Gasteiger charge is 2.21. The van der Waals surface area contributed by atoms with E-state index in [0.717, 1.165) is 49.7 Å². The van der Waals surface area contributed by atoms with Gasteiger partial charge in [0.15, 0.2) is 0 Å². The molecule has 2 heterocycles. The highest BCUT2D eigenvalue weighted by molar-refractivity contribution is 5.87. The Balaban J connectivity index is 1.28. The van der Waals surface area contributed by atoms with E-state index in [4.69, 9.17) is 4.52 Å². The predicted octanol–water partition coefficient (Wildman–Crippen LogP) is 3.13. The zero-order chi connectivity index (χ0) is 20.2. The van der Waals surface area contributed by atoms with Crippen LogP contribution in [-0.2, 0) is 11.3 Å². The molecule has 1 aromatic heterocycles. The van der Waals surface area contributed by atoms with Crippen molar-refractivity contribution in [2.45, 2.75) is 26.4 Å². The molecule has 1 N–H and O–H groups in total. The van der Waals surface area contributed by atoms with Crippen LogP contribution in [0.1, 0.15) is 30.0 Å². The molecule has 0 spiro atoms. The zero-order valence-electron chi connectivity index (χ0n) is 17.1. The van der Waals surface area contributed by atoms with Crippen LogP contribution in [0.2, 0.25) is 0 Å². The summed E-state index contributed by atoms with van der Waals surface area (Å²) in [5, 5.41) is 9.63. The largest absolute Gasteiger partial charge is 0.361 e. The molecule has 6 nitrogen and oxygen atoms in total. The van der Waals surface area contributed by atoms with Crippen molar-refractivity contribution in [3.8, 4) is 0 Å². The van der Waals surface area contributed by atoms with Gasteiger partial charge in [-0.25, -0.2) is 0 Å². The highest BCUT2D eigenvalue weighted by Crippen LogP contribution is 2.24. The smallest absolute Gasteiger partial charge is 0.234 e. The second-order valence-corrected chi connectivity index (χ2v) is 7.84. The molecule has 0 unspecified atom stereocenters. The van der Waals surface area contributed by atoms with E-state index < -0.39 is 0 Å². The molecule has 1 atom stereocenters. The van der Waals surface area contributed by atoms with Gasteiger partial charge in [-0.1, -0.05) is 47.6 Å². The fourth-order valence-corrected chi connectivity index (χ4v) is 4.02. The third-order valence-electron chi connectivity index (χ3n) is 5.56. The van der Waals surface area contributed by atoms with Crippen LogP contribution in [0.15, 0.2) is 53.1 Å². The summed E-state index contributed by atoms with van der Waals surface area (Å²) in [4.78, 5) is 17.2. The third kappa shape index (κ3) is 4.83. The van der Waals surface area contributed by atoms with Crippen molar-refractivity contribution in [1.29, 1.82) is 0 Å². The lowest BCUT2D eigenvalue weighted by molar-refractivity contribution is -0.123. The number of benzene rings is 2. The van der Waals surface area contributed by atoms with E-state index in [9.17, 15) is 4.79 Å². The molecule has 0 radical (unpaired) electrons. The summed E-state index contributed by atoms with van der Waals surface area (Å²) in [6.45, 7) is 8.82. The van der Waals surface area contributed by atoms with Crippen molar-refractivity contribution in [1.82, 2.24) is 20.3 Å². The molecular weight excluding hydrogens is 364 g/mol. The van der Waals surface area contributed by atoms with Crippen molar-refractivity contribution in [3.63, 3.8) is 0 Å². The summed E-state index contributed by atoms with van der Waals surface area (Å²) in [7, 11) is 0. The average Bonchev–Trinajstić information content (AvgIpc) is 3.13. The van der Waals surface area contributed by atoms with Crippen LogP contribution in [0.3, 0.4) is 0 Å². The van der Waals surface area contributed by atoms with Gasteiger partial charge in [0.2, 0.25) is 5.91 Å². The fourth-order valence-electron chi connectivity index (χ4n) is 4.02. The maximum atomic E-state index is 12.6. The second kappa shape index (κ2) is 8.76. The van der Waals surface area contributed by atoms with Gasteiger partial charge in [-0.2, -0.15) is 0 Å². The van der Waals surface area contributed by atoms with Crippen LogP contribution >= 0.6 is 0 Å². The van der Waals surface area contributed by atoms with Crippen LogP contribution in [0.5, 0.6) is 0 Å². The van der Waals surface area contributed by atoms with Crippen molar-refractivity contribution in [3.05, 3.63) is 65.5 Å². The van der Waals surface area contributed by atoms with Crippen LogP contribution in [0.25, 0.3) is 10.8 Å². The van der Waals surface area contributed by atoms with Crippen molar-refractivity contribution in [2.24, 2.45) is 0 Å². The fraction of sp³-hybridized carbons (Fsp3) is 0.391. The Hall–Kier alpha value is -2.70. The predicted molar refractivity (Wildman–Crippen MR) is 113 cm³/mol. The van der Waals surface area contributed by atoms with Crippen molar-refractivity contribution >= 4 is 16.7 Å². The normalized spacial score (nSPS) is 16.8. The number of carbonyl (C=O) groups excluding carboxylic acids is 1. The molecule has 1 aliphatic heterocycles. The topological polar surface area (TPSA) is 61.6 Å². The number of hydrogen-bond acceptors (Lipinski definition) is 5. The van der Waals surface area contributed by atoms with Gasteiger partial charge in [-0.05, 0) is 30.2 Å². The number of rotatable bonds is 6. The molecule has 1 aliphatic rings.